The van der Waals surface area contributed by atoms with E-state index in [0.717, 1.165) is 56.2 Å². The largest absolute Gasteiger partial charge is 0.353 e. The minimum atomic E-state index is -3.37. The van der Waals surface area contributed by atoms with Gasteiger partial charge < -0.3 is 4.90 Å². The highest BCUT2D eigenvalue weighted by Crippen LogP contribution is 2.32. The number of pyridine rings is 1. The zero-order valence-electron chi connectivity index (χ0n) is 20.6. The molecule has 2 fully saturated rings. The third kappa shape index (κ3) is 6.60. The molecule has 0 saturated carbocycles. The third-order valence-electron chi connectivity index (χ3n) is 7.29. The van der Waals surface area contributed by atoms with Gasteiger partial charge in [-0.25, -0.2) is 13.4 Å². The van der Waals surface area contributed by atoms with Crippen LogP contribution < -0.4 is 9.62 Å². The summed E-state index contributed by atoms with van der Waals surface area (Å²) < 4.78 is 25.4. The highest BCUT2D eigenvalue weighted by atomic mass is 35.5. The lowest BCUT2D eigenvalue weighted by atomic mass is 9.96. The maximum Gasteiger partial charge on any atom is 0.229 e. The Hall–Kier alpha value is -1.58. The lowest BCUT2D eigenvalue weighted by Gasteiger charge is -2.48. The van der Waals surface area contributed by atoms with Crippen LogP contribution in [0.3, 0.4) is 0 Å². The van der Waals surface area contributed by atoms with Crippen molar-refractivity contribution in [2.75, 3.05) is 48.6 Å². The van der Waals surface area contributed by atoms with E-state index in [2.05, 4.69) is 50.4 Å². The maximum absolute atomic E-state index is 11.5. The number of hydrogen-bond donors (Lipinski definition) is 1. The number of piperidine rings is 1. The van der Waals surface area contributed by atoms with Crippen LogP contribution in [0.1, 0.15) is 44.7 Å². The molecule has 2 aliphatic rings. The monoisotopic (exact) mass is 539 g/mol. The fourth-order valence-electron chi connectivity index (χ4n) is 5.40. The third-order valence-corrected chi connectivity index (χ3v) is 8.43. The van der Waals surface area contributed by atoms with Crippen molar-refractivity contribution >= 4 is 44.7 Å². The van der Waals surface area contributed by atoms with Gasteiger partial charge >= 0.3 is 0 Å². The van der Waals surface area contributed by atoms with Crippen molar-refractivity contribution in [2.45, 2.75) is 51.2 Å². The van der Waals surface area contributed by atoms with Crippen molar-refractivity contribution < 1.29 is 8.42 Å². The number of piperazine rings is 1. The van der Waals surface area contributed by atoms with Gasteiger partial charge in [0.2, 0.25) is 10.0 Å². The fourth-order valence-corrected chi connectivity index (χ4v) is 6.35. The Balaban J connectivity index is 1.36. The van der Waals surface area contributed by atoms with Gasteiger partial charge in [-0.2, -0.15) is 0 Å². The molecule has 0 unspecified atom stereocenters. The van der Waals surface area contributed by atoms with E-state index in [-0.39, 0.29) is 0 Å². The zero-order valence-corrected chi connectivity index (χ0v) is 23.0. The number of sulfonamides is 1. The van der Waals surface area contributed by atoms with Gasteiger partial charge in [-0.3, -0.25) is 14.5 Å². The molecule has 35 heavy (non-hydrogen) atoms. The van der Waals surface area contributed by atoms with Gasteiger partial charge in [0.05, 0.1) is 23.2 Å². The molecule has 1 N–H and O–H groups in total. The summed E-state index contributed by atoms with van der Waals surface area (Å²) >= 11 is 12.6. The molecule has 192 valence electrons. The maximum atomic E-state index is 11.5. The van der Waals surface area contributed by atoms with Crippen LogP contribution in [0.5, 0.6) is 0 Å². The number of aromatic nitrogens is 1. The zero-order chi connectivity index (χ0) is 25.2. The Labute approximate surface area is 219 Å². The second kappa shape index (κ2) is 11.2. The van der Waals surface area contributed by atoms with Gasteiger partial charge in [0, 0.05) is 55.9 Å². The van der Waals surface area contributed by atoms with Crippen molar-refractivity contribution in [3.63, 3.8) is 0 Å². The lowest BCUT2D eigenvalue weighted by Crippen LogP contribution is -2.58. The first kappa shape index (κ1) is 26.5. The molecule has 0 spiro atoms. The van der Waals surface area contributed by atoms with Gasteiger partial charge in [0.15, 0.2) is 0 Å². The summed E-state index contributed by atoms with van der Waals surface area (Å²) in [5, 5.41) is 1.24. The first-order valence-electron chi connectivity index (χ1n) is 12.3. The molecular weight excluding hydrogens is 505 g/mol. The lowest BCUT2D eigenvalue weighted by molar-refractivity contribution is 0.0515. The van der Waals surface area contributed by atoms with Crippen LogP contribution in [-0.4, -0.2) is 74.3 Å². The Bertz CT molecular complexity index is 1110. The van der Waals surface area contributed by atoms with Crippen LogP contribution in [0.2, 0.25) is 10.0 Å². The molecule has 2 saturated heterocycles. The highest BCUT2D eigenvalue weighted by Gasteiger charge is 2.34. The molecule has 1 aromatic heterocycles. The van der Waals surface area contributed by atoms with Crippen molar-refractivity contribution in [1.82, 2.24) is 14.8 Å². The Morgan fingerprint density at radius 1 is 1.11 bits per heavy atom. The molecule has 0 radical (unpaired) electrons. The summed E-state index contributed by atoms with van der Waals surface area (Å²) in [6.45, 7) is 9.39. The summed E-state index contributed by atoms with van der Waals surface area (Å²) in [5.41, 5.74) is 1.70. The van der Waals surface area contributed by atoms with Gasteiger partial charge in [0.25, 0.3) is 0 Å². The number of anilines is 2. The van der Waals surface area contributed by atoms with E-state index < -0.39 is 10.0 Å². The average Bonchev–Trinajstić information content (AvgIpc) is 2.83. The molecule has 1 aromatic carbocycles. The molecule has 7 nitrogen and oxygen atoms in total. The molecule has 10 heteroatoms. The number of nitrogens with one attached hydrogen (secondary N) is 1. The number of nitrogens with zero attached hydrogens (tertiary/aromatic N) is 4. The molecule has 2 atom stereocenters. The van der Waals surface area contributed by atoms with Crippen LogP contribution >= 0.6 is 23.2 Å². The predicted molar refractivity (Wildman–Crippen MR) is 145 cm³/mol. The molecule has 0 bridgehead atoms. The Kier molecular flexibility index (Phi) is 8.49. The highest BCUT2D eigenvalue weighted by molar-refractivity contribution is 7.92. The molecule has 4 rings (SSSR count). The Morgan fingerprint density at radius 3 is 2.40 bits per heavy atom. The SMILES string of the molecule is CC[C@H]1CN(c2ncc(NS(C)(=O)=O)cc2Cl)CCN1C1CCN([C@@H](C)c2ccc(Cl)cc2)CC1. The van der Waals surface area contributed by atoms with Gasteiger partial charge in [0.1, 0.15) is 5.82 Å². The Morgan fingerprint density at radius 2 is 1.80 bits per heavy atom. The number of rotatable bonds is 7. The van der Waals surface area contributed by atoms with Crippen LogP contribution in [-0.2, 0) is 10.0 Å². The first-order chi connectivity index (χ1) is 16.6. The van der Waals surface area contributed by atoms with Crippen LogP contribution in [0.15, 0.2) is 36.5 Å². The number of benzene rings is 1. The van der Waals surface area contributed by atoms with Crippen LogP contribution in [0.4, 0.5) is 11.5 Å². The van der Waals surface area contributed by atoms with E-state index in [9.17, 15) is 8.42 Å². The average molecular weight is 541 g/mol. The minimum Gasteiger partial charge on any atom is -0.353 e. The summed E-state index contributed by atoms with van der Waals surface area (Å²) in [4.78, 5) is 12.0. The smallest absolute Gasteiger partial charge is 0.229 e. The van der Waals surface area contributed by atoms with E-state index in [4.69, 9.17) is 23.2 Å². The van der Waals surface area contributed by atoms with Crippen molar-refractivity contribution in [2.24, 2.45) is 0 Å². The van der Waals surface area contributed by atoms with Crippen molar-refractivity contribution in [3.05, 3.63) is 52.1 Å². The van der Waals surface area contributed by atoms with Gasteiger partial charge in [-0.15, -0.1) is 0 Å². The summed E-state index contributed by atoms with van der Waals surface area (Å²) in [6, 6.07) is 11.3. The molecular formula is C25H35Cl2N5O2S. The van der Waals surface area contributed by atoms with E-state index in [1.54, 1.807) is 6.07 Å². The summed E-state index contributed by atoms with van der Waals surface area (Å²) in [5.74, 6) is 0.718. The number of halogens is 2. The normalized spacial score (nSPS) is 21.7. The molecule has 2 aromatic rings. The van der Waals surface area contributed by atoms with E-state index >= 15 is 0 Å². The summed E-state index contributed by atoms with van der Waals surface area (Å²) in [6.07, 6.45) is 6.04. The minimum absolute atomic E-state index is 0.381. The van der Waals surface area contributed by atoms with Crippen molar-refractivity contribution in [3.8, 4) is 0 Å². The second-order valence-electron chi connectivity index (χ2n) is 9.64. The number of hydrogen-bond acceptors (Lipinski definition) is 6. The molecule has 0 aliphatic carbocycles. The molecule has 2 aliphatic heterocycles. The fraction of sp³-hybridized carbons (Fsp3) is 0.560. The molecule has 3 heterocycles. The van der Waals surface area contributed by atoms with E-state index in [0.29, 0.717) is 28.8 Å². The second-order valence-corrected chi connectivity index (χ2v) is 12.2. The van der Waals surface area contributed by atoms with Crippen LogP contribution in [0, 0.1) is 0 Å². The van der Waals surface area contributed by atoms with Gasteiger partial charge in [-0.05, 0) is 49.9 Å². The van der Waals surface area contributed by atoms with Gasteiger partial charge in [-0.1, -0.05) is 42.3 Å². The summed E-state index contributed by atoms with van der Waals surface area (Å²) in [7, 11) is -3.37. The standard InChI is InChI=1S/C25H35Cl2N5O2S/c1-4-22-17-31(25-24(27)15-21(16-28-25)29-35(3,33)34)13-14-32(22)23-9-11-30(12-10-23)18(2)19-5-7-20(26)8-6-19/h5-8,15-16,18,22-23,29H,4,9-14,17H2,1-3H3/t18-,22-/m0/s1. The van der Waals surface area contributed by atoms with Crippen molar-refractivity contribution in [1.29, 1.82) is 0 Å². The van der Waals surface area contributed by atoms with Crippen LogP contribution in [0.25, 0.3) is 0 Å². The predicted octanol–water partition coefficient (Wildman–Crippen LogP) is 4.89. The van der Waals surface area contributed by atoms with E-state index in [1.165, 1.54) is 24.6 Å². The first-order valence-corrected chi connectivity index (χ1v) is 14.9. The quantitative estimate of drug-likeness (QED) is 0.540. The topological polar surface area (TPSA) is 68.8 Å². The molecule has 0 amide bonds. The van der Waals surface area contributed by atoms with E-state index in [1.807, 2.05) is 12.1 Å². The number of likely N-dealkylation sites (tertiary alicyclic amines) is 1.